The quantitative estimate of drug-likeness (QED) is 0.707. The van der Waals surface area contributed by atoms with E-state index >= 15 is 0 Å². The minimum absolute atomic E-state index is 0.0532. The van der Waals surface area contributed by atoms with E-state index in [4.69, 9.17) is 8.92 Å². The Morgan fingerprint density at radius 1 is 1.30 bits per heavy atom. The SMILES string of the molecule is CN1CCN(C(=O)OC(C)(C)C)C(COS(C)(=O)=O)C1. The molecule has 1 amide bonds. The Balaban J connectivity index is 2.72. The van der Waals surface area contributed by atoms with Crippen molar-refractivity contribution in [2.45, 2.75) is 32.4 Å². The summed E-state index contributed by atoms with van der Waals surface area (Å²) in [5.74, 6) is 0. The first-order chi connectivity index (χ1) is 8.98. The molecule has 0 aromatic carbocycles. The summed E-state index contributed by atoms with van der Waals surface area (Å²) in [5, 5.41) is 0. The van der Waals surface area contributed by atoms with Crippen LogP contribution in [0.1, 0.15) is 20.8 Å². The van der Waals surface area contributed by atoms with Gasteiger partial charge in [0.1, 0.15) is 5.60 Å². The fourth-order valence-electron chi connectivity index (χ4n) is 1.92. The Kier molecular flexibility index (Phi) is 5.39. The average Bonchev–Trinajstić information content (AvgIpc) is 2.22. The normalized spacial score (nSPS) is 21.9. The Bertz CT molecular complexity index is 443. The van der Waals surface area contributed by atoms with E-state index < -0.39 is 21.8 Å². The number of amides is 1. The number of ether oxygens (including phenoxy) is 1. The summed E-state index contributed by atoms with van der Waals surface area (Å²) >= 11 is 0. The summed E-state index contributed by atoms with van der Waals surface area (Å²) in [5.41, 5.74) is -0.581. The van der Waals surface area contributed by atoms with E-state index in [0.29, 0.717) is 19.6 Å². The topological polar surface area (TPSA) is 76.2 Å². The second-order valence-corrected chi connectivity index (χ2v) is 7.72. The summed E-state index contributed by atoms with van der Waals surface area (Å²) in [6, 6.07) is -0.335. The van der Waals surface area contributed by atoms with Gasteiger partial charge in [-0.05, 0) is 27.8 Å². The molecule has 0 bridgehead atoms. The first-order valence-corrected chi connectivity index (χ1v) is 8.32. The van der Waals surface area contributed by atoms with Gasteiger partial charge in [-0.15, -0.1) is 0 Å². The molecule has 1 fully saturated rings. The van der Waals surface area contributed by atoms with E-state index in [1.807, 2.05) is 11.9 Å². The van der Waals surface area contributed by atoms with Crippen LogP contribution in [0.15, 0.2) is 0 Å². The maximum absolute atomic E-state index is 12.1. The van der Waals surface area contributed by atoms with Crippen LogP contribution in [0.2, 0.25) is 0 Å². The van der Waals surface area contributed by atoms with Gasteiger partial charge in [0.25, 0.3) is 10.1 Å². The predicted octanol–water partition coefficient (Wildman–Crippen LogP) is 0.514. The Morgan fingerprint density at radius 2 is 1.90 bits per heavy atom. The lowest BCUT2D eigenvalue weighted by atomic mass is 10.2. The van der Waals surface area contributed by atoms with Crippen LogP contribution < -0.4 is 0 Å². The standard InChI is InChI=1S/C12H24N2O5S/c1-12(2,3)19-11(15)14-7-6-13(4)8-10(14)9-18-20(5,16)17/h10H,6-9H2,1-5H3. The number of hydrogen-bond donors (Lipinski definition) is 0. The minimum Gasteiger partial charge on any atom is -0.444 e. The van der Waals surface area contributed by atoms with Crippen molar-refractivity contribution in [3.63, 3.8) is 0 Å². The molecule has 1 unspecified atom stereocenters. The van der Waals surface area contributed by atoms with Gasteiger partial charge in [-0.3, -0.25) is 4.18 Å². The molecule has 0 aromatic rings. The van der Waals surface area contributed by atoms with Gasteiger partial charge in [0, 0.05) is 19.6 Å². The van der Waals surface area contributed by atoms with Crippen LogP contribution in [0.25, 0.3) is 0 Å². The van der Waals surface area contributed by atoms with Crippen molar-refractivity contribution >= 4 is 16.2 Å². The van der Waals surface area contributed by atoms with Gasteiger partial charge in [0.15, 0.2) is 0 Å². The molecule has 1 aliphatic heterocycles. The molecule has 0 aromatic heterocycles. The molecule has 20 heavy (non-hydrogen) atoms. The highest BCUT2D eigenvalue weighted by molar-refractivity contribution is 7.85. The molecule has 7 nitrogen and oxygen atoms in total. The maximum atomic E-state index is 12.1. The number of nitrogens with zero attached hydrogens (tertiary/aromatic N) is 2. The molecular weight excluding hydrogens is 284 g/mol. The first-order valence-electron chi connectivity index (χ1n) is 6.50. The van der Waals surface area contributed by atoms with Crippen LogP contribution in [0.4, 0.5) is 4.79 Å². The predicted molar refractivity (Wildman–Crippen MR) is 75.0 cm³/mol. The Hall–Kier alpha value is -0.860. The number of carbonyl (C=O) groups is 1. The van der Waals surface area contributed by atoms with Crippen LogP contribution in [-0.4, -0.2) is 75.5 Å². The number of carbonyl (C=O) groups excluding carboxylic acids is 1. The molecule has 0 N–H and O–H groups in total. The van der Waals surface area contributed by atoms with E-state index in [9.17, 15) is 13.2 Å². The highest BCUT2D eigenvalue weighted by Gasteiger charge is 2.33. The minimum atomic E-state index is -3.52. The largest absolute Gasteiger partial charge is 0.444 e. The maximum Gasteiger partial charge on any atom is 0.410 e. The van der Waals surface area contributed by atoms with E-state index in [0.717, 1.165) is 6.26 Å². The number of rotatable bonds is 3. The van der Waals surface area contributed by atoms with Gasteiger partial charge in [-0.25, -0.2) is 4.79 Å². The summed E-state index contributed by atoms with van der Waals surface area (Å²) in [7, 11) is -1.61. The van der Waals surface area contributed by atoms with Crippen molar-refractivity contribution < 1.29 is 22.1 Å². The average molecular weight is 308 g/mol. The third-order valence-corrected chi connectivity index (χ3v) is 3.35. The molecule has 1 aliphatic rings. The number of hydrogen-bond acceptors (Lipinski definition) is 6. The van der Waals surface area contributed by atoms with Crippen molar-refractivity contribution in [3.8, 4) is 0 Å². The lowest BCUT2D eigenvalue weighted by molar-refractivity contribution is -0.00559. The molecule has 0 radical (unpaired) electrons. The molecule has 1 atom stereocenters. The van der Waals surface area contributed by atoms with Gasteiger partial charge < -0.3 is 14.5 Å². The van der Waals surface area contributed by atoms with Crippen molar-refractivity contribution in [2.24, 2.45) is 0 Å². The van der Waals surface area contributed by atoms with Crippen LogP contribution in [-0.2, 0) is 19.0 Å². The Morgan fingerprint density at radius 3 is 2.40 bits per heavy atom. The second kappa shape index (κ2) is 6.28. The van der Waals surface area contributed by atoms with Crippen molar-refractivity contribution in [1.82, 2.24) is 9.80 Å². The molecule has 1 saturated heterocycles. The molecule has 1 rings (SSSR count). The summed E-state index contributed by atoms with van der Waals surface area (Å²) < 4.78 is 32.3. The molecule has 8 heteroatoms. The second-order valence-electron chi connectivity index (χ2n) is 6.08. The summed E-state index contributed by atoms with van der Waals surface area (Å²) in [6.45, 7) is 7.09. The molecule has 0 saturated carbocycles. The zero-order valence-electron chi connectivity index (χ0n) is 12.7. The smallest absolute Gasteiger partial charge is 0.410 e. The molecule has 1 heterocycles. The third-order valence-electron chi connectivity index (χ3n) is 2.79. The molecule has 0 spiro atoms. The van der Waals surface area contributed by atoms with Crippen molar-refractivity contribution in [2.75, 3.05) is 39.5 Å². The number of likely N-dealkylation sites (N-methyl/N-ethyl adjacent to an activating group) is 1. The monoisotopic (exact) mass is 308 g/mol. The van der Waals surface area contributed by atoms with E-state index in [1.165, 1.54) is 4.90 Å². The summed E-state index contributed by atoms with van der Waals surface area (Å²) in [6.07, 6.45) is 0.560. The van der Waals surface area contributed by atoms with Gasteiger partial charge >= 0.3 is 6.09 Å². The lowest BCUT2D eigenvalue weighted by Crippen LogP contribution is -2.56. The molecular formula is C12H24N2O5S. The van der Waals surface area contributed by atoms with Crippen molar-refractivity contribution in [1.29, 1.82) is 0 Å². The van der Waals surface area contributed by atoms with E-state index in [2.05, 4.69) is 0 Å². The lowest BCUT2D eigenvalue weighted by Gasteiger charge is -2.40. The van der Waals surface area contributed by atoms with Crippen molar-refractivity contribution in [3.05, 3.63) is 0 Å². The third kappa shape index (κ3) is 6.06. The van der Waals surface area contributed by atoms with Crippen LogP contribution in [0, 0.1) is 0 Å². The van der Waals surface area contributed by atoms with Gasteiger partial charge in [0.05, 0.1) is 18.9 Å². The van der Waals surface area contributed by atoms with E-state index in [1.54, 1.807) is 20.8 Å². The highest BCUT2D eigenvalue weighted by Crippen LogP contribution is 2.16. The zero-order chi connectivity index (χ0) is 15.6. The van der Waals surface area contributed by atoms with Crippen LogP contribution in [0.5, 0.6) is 0 Å². The fraction of sp³-hybridized carbons (Fsp3) is 0.917. The fourth-order valence-corrected chi connectivity index (χ4v) is 2.32. The van der Waals surface area contributed by atoms with Gasteiger partial charge in [-0.2, -0.15) is 8.42 Å². The highest BCUT2D eigenvalue weighted by atomic mass is 32.2. The summed E-state index contributed by atoms with van der Waals surface area (Å²) in [4.78, 5) is 15.7. The van der Waals surface area contributed by atoms with Crippen LogP contribution >= 0.6 is 0 Å². The van der Waals surface area contributed by atoms with E-state index in [-0.39, 0.29) is 12.6 Å². The van der Waals surface area contributed by atoms with Crippen LogP contribution in [0.3, 0.4) is 0 Å². The zero-order valence-corrected chi connectivity index (χ0v) is 13.6. The number of piperazine rings is 1. The Labute approximate surface area is 120 Å². The molecule has 0 aliphatic carbocycles. The van der Waals surface area contributed by atoms with Gasteiger partial charge in [-0.1, -0.05) is 0 Å². The first kappa shape index (κ1) is 17.2. The molecule has 118 valence electrons. The van der Waals surface area contributed by atoms with Gasteiger partial charge in [0.2, 0.25) is 0 Å².